The molecule has 0 saturated heterocycles. The van der Waals surface area contributed by atoms with Crippen molar-refractivity contribution in [2.24, 2.45) is 0 Å². The number of rotatable bonds is 2. The van der Waals surface area contributed by atoms with Gasteiger partial charge in [0, 0.05) is 21.5 Å². The van der Waals surface area contributed by atoms with Gasteiger partial charge < -0.3 is 13.6 Å². The smallest absolute Gasteiger partial charge is 0.136 e. The first kappa shape index (κ1) is 22.7. The maximum atomic E-state index is 6.19. The molecule has 0 amide bonds. The van der Waals surface area contributed by atoms with Crippen molar-refractivity contribution in [1.82, 2.24) is 0 Å². The quantitative estimate of drug-likeness (QED) is 0.224. The molecule has 0 spiro atoms. The molecule has 3 heteroatoms. The van der Waals surface area contributed by atoms with Gasteiger partial charge in [-0.25, -0.2) is 0 Å². The van der Waals surface area contributed by atoms with Gasteiger partial charge in [-0.3, -0.25) is 0 Å². The molecule has 3 nitrogen and oxygen atoms in total. The van der Waals surface area contributed by atoms with Crippen molar-refractivity contribution >= 4 is 43.9 Å². The Morgan fingerprint density at radius 2 is 0.780 bits per heavy atom. The van der Waals surface area contributed by atoms with Gasteiger partial charge in [0.25, 0.3) is 0 Å². The lowest BCUT2D eigenvalue weighted by Crippen LogP contribution is -1.91. The van der Waals surface area contributed by atoms with E-state index in [1.165, 1.54) is 22.3 Å². The first-order chi connectivity index (χ1) is 20.3. The molecule has 2 aromatic heterocycles. The van der Waals surface area contributed by atoms with Gasteiger partial charge in [0.2, 0.25) is 0 Å². The first-order valence-electron chi connectivity index (χ1n) is 14.0. The first-order valence-corrected chi connectivity index (χ1v) is 14.0. The summed E-state index contributed by atoms with van der Waals surface area (Å²) in [6.45, 7) is 1.18. The molecule has 41 heavy (non-hydrogen) atoms. The predicted octanol–water partition coefficient (Wildman–Crippen LogP) is 10.5. The van der Waals surface area contributed by atoms with E-state index in [1.807, 2.05) is 24.3 Å². The highest BCUT2D eigenvalue weighted by atomic mass is 16.5. The number of fused-ring (bicyclic) bond motifs is 9. The summed E-state index contributed by atoms with van der Waals surface area (Å²) in [6, 6.07) is 42.9. The zero-order valence-corrected chi connectivity index (χ0v) is 22.2. The van der Waals surface area contributed by atoms with Crippen LogP contribution in [-0.2, 0) is 18.0 Å². The van der Waals surface area contributed by atoms with Crippen LogP contribution in [0.15, 0.2) is 130 Å². The van der Waals surface area contributed by atoms with Crippen LogP contribution in [-0.4, -0.2) is 0 Å². The van der Waals surface area contributed by atoms with Crippen molar-refractivity contribution in [3.63, 3.8) is 0 Å². The summed E-state index contributed by atoms with van der Waals surface area (Å²) in [4.78, 5) is 0. The van der Waals surface area contributed by atoms with Crippen molar-refractivity contribution in [1.29, 1.82) is 0 Å². The summed E-state index contributed by atoms with van der Waals surface area (Å²) < 4.78 is 18.5. The van der Waals surface area contributed by atoms with Crippen LogP contribution < -0.4 is 0 Å². The van der Waals surface area contributed by atoms with Crippen LogP contribution in [0.5, 0.6) is 0 Å². The zero-order valence-electron chi connectivity index (χ0n) is 22.2. The number of ether oxygens (including phenoxy) is 1. The molecule has 6 aromatic carbocycles. The molecule has 3 heterocycles. The largest absolute Gasteiger partial charge is 0.456 e. The van der Waals surface area contributed by atoms with Crippen LogP contribution in [0.25, 0.3) is 77.3 Å². The summed E-state index contributed by atoms with van der Waals surface area (Å²) in [6.07, 6.45) is 0. The molecule has 194 valence electrons. The molecule has 0 unspecified atom stereocenters. The van der Waals surface area contributed by atoms with Gasteiger partial charge >= 0.3 is 0 Å². The summed E-state index contributed by atoms with van der Waals surface area (Å²) in [7, 11) is 0. The van der Waals surface area contributed by atoms with Gasteiger partial charge in [-0.1, -0.05) is 72.8 Å². The Bertz CT molecular complexity index is 2140. The van der Waals surface area contributed by atoms with Crippen LogP contribution >= 0.6 is 0 Å². The average molecular weight is 529 g/mol. The highest BCUT2D eigenvalue weighted by Crippen LogP contribution is 2.39. The monoisotopic (exact) mass is 528 g/mol. The minimum atomic E-state index is 0.590. The molecule has 8 aromatic rings. The molecule has 0 radical (unpaired) electrons. The summed E-state index contributed by atoms with van der Waals surface area (Å²) in [5, 5.41) is 4.58. The predicted molar refractivity (Wildman–Crippen MR) is 166 cm³/mol. The lowest BCUT2D eigenvalue weighted by atomic mass is 9.90. The van der Waals surface area contributed by atoms with Crippen molar-refractivity contribution in [2.75, 3.05) is 0 Å². The van der Waals surface area contributed by atoms with E-state index in [2.05, 4.69) is 97.1 Å². The second kappa shape index (κ2) is 8.69. The van der Waals surface area contributed by atoms with Crippen LogP contribution in [0.2, 0.25) is 0 Å². The summed E-state index contributed by atoms with van der Waals surface area (Å²) >= 11 is 0. The van der Waals surface area contributed by atoms with E-state index in [1.54, 1.807) is 0 Å². The van der Waals surface area contributed by atoms with Crippen LogP contribution in [0.4, 0.5) is 0 Å². The zero-order chi connectivity index (χ0) is 26.9. The van der Waals surface area contributed by atoms with Crippen LogP contribution in [0.1, 0.15) is 11.1 Å². The minimum Gasteiger partial charge on any atom is -0.456 e. The lowest BCUT2D eigenvalue weighted by Gasteiger charge is -2.13. The average Bonchev–Trinajstić information content (AvgIpc) is 3.52. The number of benzene rings is 6. The van der Waals surface area contributed by atoms with E-state index in [0.29, 0.717) is 13.2 Å². The second-order valence-electron chi connectivity index (χ2n) is 10.9. The second-order valence-corrected chi connectivity index (χ2v) is 10.9. The molecule has 0 atom stereocenters. The highest BCUT2D eigenvalue weighted by Gasteiger charge is 2.18. The minimum absolute atomic E-state index is 0.590. The summed E-state index contributed by atoms with van der Waals surface area (Å²) in [5.41, 5.74) is 13.1. The molecule has 0 N–H and O–H groups in total. The number of furan rings is 2. The van der Waals surface area contributed by atoms with E-state index >= 15 is 0 Å². The third kappa shape index (κ3) is 3.56. The Kier molecular flexibility index (Phi) is 4.80. The van der Waals surface area contributed by atoms with Gasteiger partial charge in [0.1, 0.15) is 22.3 Å². The molecule has 0 bridgehead atoms. The number of hydrogen-bond donors (Lipinski definition) is 0. The van der Waals surface area contributed by atoms with Crippen molar-refractivity contribution in [2.45, 2.75) is 13.2 Å². The third-order valence-electron chi connectivity index (χ3n) is 8.45. The van der Waals surface area contributed by atoms with Crippen molar-refractivity contribution in [3.8, 4) is 33.4 Å². The van der Waals surface area contributed by atoms with Crippen LogP contribution in [0.3, 0.4) is 0 Å². The Balaban J connectivity index is 1.17. The van der Waals surface area contributed by atoms with Gasteiger partial charge in [-0.2, -0.15) is 0 Å². The molecule has 9 rings (SSSR count). The molecular formula is C38H24O3. The Hall–Kier alpha value is -5.12. The van der Waals surface area contributed by atoms with Gasteiger partial charge in [-0.05, 0) is 93.0 Å². The maximum Gasteiger partial charge on any atom is 0.136 e. The van der Waals surface area contributed by atoms with E-state index in [0.717, 1.165) is 66.1 Å². The van der Waals surface area contributed by atoms with E-state index in [-0.39, 0.29) is 0 Å². The molecular weight excluding hydrogens is 504 g/mol. The number of para-hydroxylation sites is 2. The fraction of sp³-hybridized carbons (Fsp3) is 0.0526. The topological polar surface area (TPSA) is 35.5 Å². The molecule has 1 aliphatic rings. The Morgan fingerprint density at radius 1 is 0.366 bits per heavy atom. The maximum absolute atomic E-state index is 6.19. The van der Waals surface area contributed by atoms with Crippen molar-refractivity contribution < 1.29 is 13.6 Å². The van der Waals surface area contributed by atoms with Gasteiger partial charge in [-0.15, -0.1) is 0 Å². The van der Waals surface area contributed by atoms with E-state index in [9.17, 15) is 0 Å². The molecule has 1 aliphatic heterocycles. The molecule has 0 aliphatic carbocycles. The highest BCUT2D eigenvalue weighted by molar-refractivity contribution is 6.07. The standard InChI is InChI=1S/C38H24O3/c1-3-7-35-29(5-1)31-15-13-25(19-37(31)40-35)23-9-11-27-21-39-22-28-12-10-24(18-34(28)33(27)17-23)26-14-16-32-30-6-2-4-8-36(30)41-38(32)20-26/h1-20H,21-22H2. The fourth-order valence-electron chi connectivity index (χ4n) is 6.35. The molecule has 0 fully saturated rings. The summed E-state index contributed by atoms with van der Waals surface area (Å²) in [5.74, 6) is 0. The fourth-order valence-corrected chi connectivity index (χ4v) is 6.35. The normalized spacial score (nSPS) is 13.1. The lowest BCUT2D eigenvalue weighted by molar-refractivity contribution is 0.110. The van der Waals surface area contributed by atoms with E-state index in [4.69, 9.17) is 13.6 Å². The molecule has 0 saturated carbocycles. The number of hydrogen-bond acceptors (Lipinski definition) is 3. The Morgan fingerprint density at radius 3 is 1.29 bits per heavy atom. The SMILES string of the molecule is c1ccc2c(c1)oc1cc(-c3ccc4c(c3)-c3cc(-c5ccc6c(c5)oc5ccccc56)ccc3COC4)ccc12. The van der Waals surface area contributed by atoms with Crippen LogP contribution in [0, 0.1) is 0 Å². The van der Waals surface area contributed by atoms with Crippen molar-refractivity contribution in [3.05, 3.63) is 132 Å². The Labute approximate surface area is 236 Å². The van der Waals surface area contributed by atoms with Gasteiger partial charge in [0.05, 0.1) is 13.2 Å². The third-order valence-corrected chi connectivity index (χ3v) is 8.45. The van der Waals surface area contributed by atoms with E-state index < -0.39 is 0 Å². The van der Waals surface area contributed by atoms with Gasteiger partial charge in [0.15, 0.2) is 0 Å².